The zero-order valence-electron chi connectivity index (χ0n) is 11.2. The van der Waals surface area contributed by atoms with E-state index in [0.29, 0.717) is 25.9 Å². The van der Waals surface area contributed by atoms with E-state index in [2.05, 4.69) is 5.32 Å². The van der Waals surface area contributed by atoms with Crippen LogP contribution in [0.2, 0.25) is 0 Å². The van der Waals surface area contributed by atoms with Crippen LogP contribution in [0.3, 0.4) is 0 Å². The van der Waals surface area contributed by atoms with Crippen molar-refractivity contribution in [3.8, 4) is 0 Å². The van der Waals surface area contributed by atoms with Gasteiger partial charge in [0.2, 0.25) is 5.91 Å². The molecular formula is C12H19N3O4. The number of rotatable bonds is 2. The standard InChI is InChI=1S/C12H19N3O4/c1-12(2)10(18)15(11(19)13-12)7-9(17)14-5-3-8(16)4-6-14/h8,16H,3-7H2,1-2H3,(H,13,19). The molecular weight excluding hydrogens is 250 g/mol. The molecule has 0 radical (unpaired) electrons. The second-order valence-corrected chi connectivity index (χ2v) is 5.56. The highest BCUT2D eigenvalue weighted by atomic mass is 16.3. The van der Waals surface area contributed by atoms with Crippen molar-refractivity contribution < 1.29 is 19.5 Å². The van der Waals surface area contributed by atoms with Crippen LogP contribution in [-0.2, 0) is 9.59 Å². The van der Waals surface area contributed by atoms with Crippen LogP contribution in [0.5, 0.6) is 0 Å². The molecule has 19 heavy (non-hydrogen) atoms. The highest BCUT2D eigenvalue weighted by molar-refractivity contribution is 6.08. The number of hydrogen-bond donors (Lipinski definition) is 2. The van der Waals surface area contributed by atoms with Crippen molar-refractivity contribution >= 4 is 17.8 Å². The molecule has 0 aliphatic carbocycles. The summed E-state index contributed by atoms with van der Waals surface area (Å²) in [6.45, 7) is 3.91. The molecule has 2 rings (SSSR count). The third kappa shape index (κ3) is 2.70. The largest absolute Gasteiger partial charge is 0.393 e. The van der Waals surface area contributed by atoms with Gasteiger partial charge in [0, 0.05) is 13.1 Å². The lowest BCUT2D eigenvalue weighted by atomic mass is 10.1. The maximum Gasteiger partial charge on any atom is 0.325 e. The minimum Gasteiger partial charge on any atom is -0.393 e. The molecule has 0 aromatic carbocycles. The first kappa shape index (κ1) is 13.8. The van der Waals surface area contributed by atoms with Gasteiger partial charge in [-0.1, -0.05) is 0 Å². The van der Waals surface area contributed by atoms with Gasteiger partial charge in [-0.3, -0.25) is 14.5 Å². The zero-order chi connectivity index (χ0) is 14.2. The van der Waals surface area contributed by atoms with Crippen LogP contribution in [-0.4, -0.2) is 64.0 Å². The maximum atomic E-state index is 12.0. The Morgan fingerprint density at radius 1 is 1.37 bits per heavy atom. The highest BCUT2D eigenvalue weighted by Crippen LogP contribution is 2.17. The van der Waals surface area contributed by atoms with E-state index in [1.165, 1.54) is 0 Å². The Bertz CT molecular complexity index is 413. The minimum atomic E-state index is -0.949. The van der Waals surface area contributed by atoms with Gasteiger partial charge in [0.1, 0.15) is 12.1 Å². The molecule has 0 saturated carbocycles. The van der Waals surface area contributed by atoms with E-state index in [4.69, 9.17) is 0 Å². The van der Waals surface area contributed by atoms with Gasteiger partial charge < -0.3 is 15.3 Å². The first-order chi connectivity index (χ1) is 8.81. The number of imide groups is 1. The van der Waals surface area contributed by atoms with Gasteiger partial charge >= 0.3 is 6.03 Å². The number of amides is 4. The van der Waals surface area contributed by atoms with Gasteiger partial charge in [-0.25, -0.2) is 4.79 Å². The number of nitrogens with one attached hydrogen (secondary N) is 1. The first-order valence-corrected chi connectivity index (χ1v) is 6.41. The number of nitrogens with zero attached hydrogens (tertiary/aromatic N) is 2. The molecule has 7 nitrogen and oxygen atoms in total. The van der Waals surface area contributed by atoms with E-state index in [0.717, 1.165) is 4.90 Å². The van der Waals surface area contributed by atoms with Crippen LogP contribution in [0.1, 0.15) is 26.7 Å². The number of hydrogen-bond acceptors (Lipinski definition) is 4. The molecule has 2 heterocycles. The minimum absolute atomic E-state index is 0.232. The molecule has 0 unspecified atom stereocenters. The summed E-state index contributed by atoms with van der Waals surface area (Å²) < 4.78 is 0. The fourth-order valence-electron chi connectivity index (χ4n) is 2.31. The molecule has 2 N–H and O–H groups in total. The molecule has 0 spiro atoms. The summed E-state index contributed by atoms with van der Waals surface area (Å²) in [6, 6.07) is -0.527. The van der Waals surface area contributed by atoms with Crippen LogP contribution in [0.15, 0.2) is 0 Å². The Kier molecular flexibility index (Phi) is 3.49. The smallest absolute Gasteiger partial charge is 0.325 e. The normalized spacial score (nSPS) is 23.7. The lowest BCUT2D eigenvalue weighted by Crippen LogP contribution is -2.47. The predicted molar refractivity (Wildman–Crippen MR) is 66.1 cm³/mol. The molecule has 2 aliphatic heterocycles. The molecule has 4 amide bonds. The van der Waals surface area contributed by atoms with Crippen molar-refractivity contribution in [2.24, 2.45) is 0 Å². The third-order valence-electron chi connectivity index (χ3n) is 3.55. The van der Waals surface area contributed by atoms with E-state index in [-0.39, 0.29) is 24.5 Å². The van der Waals surface area contributed by atoms with Crippen LogP contribution in [0.25, 0.3) is 0 Å². The van der Waals surface area contributed by atoms with Gasteiger partial charge in [-0.05, 0) is 26.7 Å². The molecule has 106 valence electrons. The summed E-state index contributed by atoms with van der Waals surface area (Å²) in [4.78, 5) is 38.2. The fraction of sp³-hybridized carbons (Fsp3) is 0.750. The number of likely N-dealkylation sites (tertiary alicyclic amines) is 1. The Morgan fingerprint density at radius 3 is 2.42 bits per heavy atom. The average Bonchev–Trinajstić information content (AvgIpc) is 2.52. The van der Waals surface area contributed by atoms with E-state index >= 15 is 0 Å². The van der Waals surface area contributed by atoms with Crippen LogP contribution in [0.4, 0.5) is 4.79 Å². The quantitative estimate of drug-likeness (QED) is 0.649. The van der Waals surface area contributed by atoms with Crippen molar-refractivity contribution in [2.45, 2.75) is 38.3 Å². The van der Waals surface area contributed by atoms with Crippen molar-refractivity contribution in [1.82, 2.24) is 15.1 Å². The topological polar surface area (TPSA) is 90.0 Å². The molecule has 0 aromatic heterocycles. The maximum absolute atomic E-state index is 12.0. The number of aliphatic hydroxyl groups is 1. The number of piperidine rings is 1. The fourth-order valence-corrected chi connectivity index (χ4v) is 2.31. The average molecular weight is 269 g/mol. The monoisotopic (exact) mass is 269 g/mol. The van der Waals surface area contributed by atoms with Gasteiger partial charge in [0.15, 0.2) is 0 Å². The van der Waals surface area contributed by atoms with Gasteiger partial charge in [0.05, 0.1) is 6.10 Å². The molecule has 2 aliphatic rings. The van der Waals surface area contributed by atoms with E-state index < -0.39 is 11.6 Å². The van der Waals surface area contributed by atoms with Crippen molar-refractivity contribution in [3.63, 3.8) is 0 Å². The summed E-state index contributed by atoms with van der Waals surface area (Å²) in [5.41, 5.74) is -0.949. The predicted octanol–water partition coefficient (Wildman–Crippen LogP) is -0.700. The molecule has 7 heteroatoms. The summed E-state index contributed by atoms with van der Waals surface area (Å²) in [6.07, 6.45) is 0.717. The SMILES string of the molecule is CC1(C)NC(=O)N(CC(=O)N2CCC(O)CC2)C1=O. The van der Waals surface area contributed by atoms with E-state index in [9.17, 15) is 19.5 Å². The lowest BCUT2D eigenvalue weighted by Gasteiger charge is -2.30. The van der Waals surface area contributed by atoms with E-state index in [1.54, 1.807) is 18.7 Å². The number of aliphatic hydroxyl groups excluding tert-OH is 1. The summed E-state index contributed by atoms with van der Waals surface area (Å²) in [5.74, 6) is -0.643. The van der Waals surface area contributed by atoms with Crippen molar-refractivity contribution in [3.05, 3.63) is 0 Å². The van der Waals surface area contributed by atoms with Crippen LogP contribution >= 0.6 is 0 Å². The highest BCUT2D eigenvalue weighted by Gasteiger charge is 2.45. The Hall–Kier alpha value is -1.63. The van der Waals surface area contributed by atoms with E-state index in [1.807, 2.05) is 0 Å². The summed E-state index contributed by atoms with van der Waals surface area (Å²) in [7, 11) is 0. The van der Waals surface area contributed by atoms with Gasteiger partial charge in [0.25, 0.3) is 5.91 Å². The van der Waals surface area contributed by atoms with Crippen LogP contribution < -0.4 is 5.32 Å². The van der Waals surface area contributed by atoms with Crippen LogP contribution in [0, 0.1) is 0 Å². The number of carbonyl (C=O) groups is 3. The number of carbonyl (C=O) groups excluding carboxylic acids is 3. The molecule has 0 atom stereocenters. The van der Waals surface area contributed by atoms with Gasteiger partial charge in [-0.2, -0.15) is 0 Å². The third-order valence-corrected chi connectivity index (χ3v) is 3.55. The molecule has 2 saturated heterocycles. The van der Waals surface area contributed by atoms with Crippen molar-refractivity contribution in [1.29, 1.82) is 0 Å². The number of urea groups is 1. The van der Waals surface area contributed by atoms with Crippen molar-refractivity contribution in [2.75, 3.05) is 19.6 Å². The molecule has 2 fully saturated rings. The zero-order valence-corrected chi connectivity index (χ0v) is 11.2. The second-order valence-electron chi connectivity index (χ2n) is 5.56. The lowest BCUT2D eigenvalue weighted by molar-refractivity contribution is -0.139. The first-order valence-electron chi connectivity index (χ1n) is 6.41. The Labute approximate surface area is 111 Å². The molecule has 0 bridgehead atoms. The summed E-state index contributed by atoms with van der Waals surface area (Å²) >= 11 is 0. The Morgan fingerprint density at radius 2 is 1.95 bits per heavy atom. The van der Waals surface area contributed by atoms with Gasteiger partial charge in [-0.15, -0.1) is 0 Å². The Balaban J connectivity index is 1.96. The second kappa shape index (κ2) is 4.80. The molecule has 0 aromatic rings. The summed E-state index contributed by atoms with van der Waals surface area (Å²) in [5, 5.41) is 11.9.